The first-order chi connectivity index (χ1) is 12.5. The van der Waals surface area contributed by atoms with Gasteiger partial charge in [0, 0.05) is 33.0 Å². The number of alkyl halides is 3. The van der Waals surface area contributed by atoms with Gasteiger partial charge in [-0.1, -0.05) is 13.3 Å². The molecule has 10 heteroatoms. The van der Waals surface area contributed by atoms with Crippen LogP contribution in [0.1, 0.15) is 31.7 Å². The fourth-order valence-corrected chi connectivity index (χ4v) is 1.99. The zero-order valence-corrected chi connectivity index (χ0v) is 18.0. The molecule has 0 saturated heterocycles. The van der Waals surface area contributed by atoms with Crippen molar-refractivity contribution in [1.29, 1.82) is 0 Å². The molecule has 0 unspecified atom stereocenters. The molecule has 0 aliphatic carbocycles. The summed E-state index contributed by atoms with van der Waals surface area (Å²) in [4.78, 5) is 7.68. The van der Waals surface area contributed by atoms with Crippen molar-refractivity contribution < 1.29 is 22.6 Å². The van der Waals surface area contributed by atoms with E-state index in [1.54, 1.807) is 7.05 Å². The summed E-state index contributed by atoms with van der Waals surface area (Å²) in [6.07, 6.45) is -0.221. The summed E-state index contributed by atoms with van der Waals surface area (Å²) in [7, 11) is 1.62. The third-order valence-electron chi connectivity index (χ3n) is 3.33. The highest BCUT2D eigenvalue weighted by Gasteiger charge is 2.34. The lowest BCUT2D eigenvalue weighted by molar-refractivity contribution is -0.139. The average molecular weight is 504 g/mol. The van der Waals surface area contributed by atoms with Crippen LogP contribution in [-0.2, 0) is 10.9 Å². The summed E-state index contributed by atoms with van der Waals surface area (Å²) in [6, 6.07) is 2.17. The van der Waals surface area contributed by atoms with Crippen LogP contribution >= 0.6 is 24.0 Å². The monoisotopic (exact) mass is 504 g/mol. The number of nitrogens with zero attached hydrogens (tertiary/aromatic N) is 2. The molecule has 0 fully saturated rings. The summed E-state index contributed by atoms with van der Waals surface area (Å²) >= 11 is 0. The first kappa shape index (κ1) is 25.7. The van der Waals surface area contributed by atoms with Gasteiger partial charge >= 0.3 is 6.18 Å². The van der Waals surface area contributed by atoms with Crippen molar-refractivity contribution in [2.75, 3.05) is 40.0 Å². The lowest BCUT2D eigenvalue weighted by Gasteiger charge is -2.14. The molecule has 0 aliphatic rings. The van der Waals surface area contributed by atoms with Gasteiger partial charge in [-0.05, 0) is 25.0 Å². The average Bonchev–Trinajstić information content (AvgIpc) is 2.62. The van der Waals surface area contributed by atoms with Crippen LogP contribution in [0.4, 0.5) is 13.2 Å². The number of guanidine groups is 1. The molecule has 2 N–H and O–H groups in total. The molecule has 0 amide bonds. The maximum atomic E-state index is 12.8. The first-order valence-electron chi connectivity index (χ1n) is 8.66. The van der Waals surface area contributed by atoms with Gasteiger partial charge in [-0.2, -0.15) is 13.2 Å². The zero-order chi connectivity index (χ0) is 19.3. The van der Waals surface area contributed by atoms with Crippen LogP contribution in [0.2, 0.25) is 0 Å². The second kappa shape index (κ2) is 14.7. The summed E-state index contributed by atoms with van der Waals surface area (Å²) in [6.45, 7) is 4.57. The fourth-order valence-electron chi connectivity index (χ4n) is 1.99. The number of aromatic nitrogens is 1. The molecule has 156 valence electrons. The van der Waals surface area contributed by atoms with E-state index in [0.717, 1.165) is 31.9 Å². The minimum Gasteiger partial charge on any atom is -0.475 e. The predicted octanol–water partition coefficient (Wildman–Crippen LogP) is 3.47. The van der Waals surface area contributed by atoms with Crippen LogP contribution in [0.25, 0.3) is 0 Å². The molecule has 1 aromatic rings. The molecule has 6 nitrogen and oxygen atoms in total. The van der Waals surface area contributed by atoms with E-state index >= 15 is 0 Å². The van der Waals surface area contributed by atoms with E-state index in [0.29, 0.717) is 25.7 Å². The highest BCUT2D eigenvalue weighted by atomic mass is 127. The van der Waals surface area contributed by atoms with Crippen LogP contribution in [-0.4, -0.2) is 50.9 Å². The molecule has 0 aliphatic heterocycles. The molecule has 27 heavy (non-hydrogen) atoms. The van der Waals surface area contributed by atoms with E-state index in [-0.39, 0.29) is 30.6 Å². The molecule has 0 spiro atoms. The second-order valence-corrected chi connectivity index (χ2v) is 5.45. The maximum Gasteiger partial charge on any atom is 0.421 e. The van der Waals surface area contributed by atoms with Gasteiger partial charge in [0.1, 0.15) is 12.2 Å². The summed E-state index contributed by atoms with van der Waals surface area (Å²) in [5, 5.41) is 6.08. The standard InChI is InChI=1S/C17H27F3N4O2.HI/c1-3-4-11-25-12-6-9-23-16(21-2)24-10-13-26-15-14(17(18,19)20)7-5-8-22-15;/h5,7-8H,3-4,6,9-13H2,1-2H3,(H2,21,23,24);1H. The lowest BCUT2D eigenvalue weighted by Crippen LogP contribution is -2.40. The number of pyridine rings is 1. The van der Waals surface area contributed by atoms with E-state index in [1.807, 2.05) is 0 Å². The Morgan fingerprint density at radius 1 is 1.15 bits per heavy atom. The van der Waals surface area contributed by atoms with Crippen molar-refractivity contribution in [2.24, 2.45) is 4.99 Å². The molecule has 0 radical (unpaired) electrons. The number of hydrogen-bond donors (Lipinski definition) is 2. The highest BCUT2D eigenvalue weighted by molar-refractivity contribution is 14.0. The van der Waals surface area contributed by atoms with Crippen molar-refractivity contribution in [3.63, 3.8) is 0 Å². The Kier molecular flexibility index (Phi) is 14.0. The Bertz CT molecular complexity index is 545. The fraction of sp³-hybridized carbons (Fsp3) is 0.647. The third kappa shape index (κ3) is 11.2. The van der Waals surface area contributed by atoms with Gasteiger partial charge in [0.25, 0.3) is 0 Å². The van der Waals surface area contributed by atoms with Gasteiger partial charge in [0.05, 0.1) is 6.54 Å². The van der Waals surface area contributed by atoms with E-state index in [1.165, 1.54) is 12.3 Å². The first-order valence-corrected chi connectivity index (χ1v) is 8.66. The van der Waals surface area contributed by atoms with Gasteiger partial charge in [-0.3, -0.25) is 4.99 Å². The molecule has 1 heterocycles. The van der Waals surface area contributed by atoms with Crippen LogP contribution in [0, 0.1) is 0 Å². The molecular formula is C17H28F3IN4O2. The maximum absolute atomic E-state index is 12.8. The van der Waals surface area contributed by atoms with Gasteiger partial charge in [0.15, 0.2) is 5.96 Å². The van der Waals surface area contributed by atoms with Gasteiger partial charge in [0.2, 0.25) is 5.88 Å². The summed E-state index contributed by atoms with van der Waals surface area (Å²) in [5.41, 5.74) is -0.884. The van der Waals surface area contributed by atoms with Gasteiger partial charge in [-0.25, -0.2) is 4.98 Å². The molecule has 0 saturated carbocycles. The largest absolute Gasteiger partial charge is 0.475 e. The van der Waals surface area contributed by atoms with Crippen molar-refractivity contribution >= 4 is 29.9 Å². The quantitative estimate of drug-likeness (QED) is 0.209. The van der Waals surface area contributed by atoms with E-state index < -0.39 is 17.6 Å². The smallest absolute Gasteiger partial charge is 0.421 e. The minimum absolute atomic E-state index is 0. The number of rotatable bonds is 11. The van der Waals surface area contributed by atoms with Gasteiger partial charge < -0.3 is 20.1 Å². The van der Waals surface area contributed by atoms with Crippen molar-refractivity contribution in [3.05, 3.63) is 23.9 Å². The van der Waals surface area contributed by atoms with Crippen molar-refractivity contribution in [2.45, 2.75) is 32.4 Å². The van der Waals surface area contributed by atoms with E-state index in [9.17, 15) is 13.2 Å². The third-order valence-corrected chi connectivity index (χ3v) is 3.33. The topological polar surface area (TPSA) is 67.8 Å². The molecule has 1 rings (SSSR count). The summed E-state index contributed by atoms with van der Waals surface area (Å²) < 4.78 is 49.1. The van der Waals surface area contributed by atoms with Gasteiger partial charge in [-0.15, -0.1) is 24.0 Å². The number of ether oxygens (including phenoxy) is 2. The Hall–Kier alpha value is -1.30. The molecule has 0 bridgehead atoms. The van der Waals surface area contributed by atoms with Crippen molar-refractivity contribution in [1.82, 2.24) is 15.6 Å². The number of hydrogen-bond acceptors (Lipinski definition) is 4. The van der Waals surface area contributed by atoms with Crippen LogP contribution in [0.5, 0.6) is 5.88 Å². The van der Waals surface area contributed by atoms with Crippen LogP contribution in [0.3, 0.4) is 0 Å². The predicted molar refractivity (Wildman–Crippen MR) is 110 cm³/mol. The Balaban J connectivity index is 0.00000676. The highest BCUT2D eigenvalue weighted by Crippen LogP contribution is 2.34. The number of unbranched alkanes of at least 4 members (excludes halogenated alkanes) is 1. The van der Waals surface area contributed by atoms with E-state index in [4.69, 9.17) is 9.47 Å². The van der Waals surface area contributed by atoms with Crippen LogP contribution < -0.4 is 15.4 Å². The lowest BCUT2D eigenvalue weighted by atomic mass is 10.2. The molecule has 0 aromatic carbocycles. The Morgan fingerprint density at radius 3 is 2.52 bits per heavy atom. The normalized spacial score (nSPS) is 11.7. The SMILES string of the molecule is CCCCOCCCNC(=NC)NCCOc1ncccc1C(F)(F)F.I. The van der Waals surface area contributed by atoms with Crippen LogP contribution in [0.15, 0.2) is 23.3 Å². The zero-order valence-electron chi connectivity index (χ0n) is 15.6. The minimum atomic E-state index is -4.49. The Morgan fingerprint density at radius 2 is 1.85 bits per heavy atom. The Labute approximate surface area is 175 Å². The number of halogens is 4. The summed E-state index contributed by atoms with van der Waals surface area (Å²) in [5.74, 6) is 0.133. The molecular weight excluding hydrogens is 476 g/mol. The van der Waals surface area contributed by atoms with E-state index in [2.05, 4.69) is 27.5 Å². The second-order valence-electron chi connectivity index (χ2n) is 5.45. The number of aliphatic imine (C=N–C) groups is 1. The molecule has 1 aromatic heterocycles. The number of nitrogens with one attached hydrogen (secondary N) is 2. The van der Waals surface area contributed by atoms with Crippen molar-refractivity contribution in [3.8, 4) is 5.88 Å². The molecule has 0 atom stereocenters.